The van der Waals surface area contributed by atoms with E-state index in [0.29, 0.717) is 12.2 Å². The number of phenols is 1. The van der Waals surface area contributed by atoms with Crippen molar-refractivity contribution in [3.05, 3.63) is 65.2 Å². The summed E-state index contributed by atoms with van der Waals surface area (Å²) in [6.45, 7) is 2.17. The third kappa shape index (κ3) is 5.25. The highest BCUT2D eigenvalue weighted by Gasteiger charge is 2.16. The minimum absolute atomic E-state index is 0. The van der Waals surface area contributed by atoms with Crippen LogP contribution >= 0.6 is 12.4 Å². The summed E-state index contributed by atoms with van der Waals surface area (Å²) in [6.07, 6.45) is 0.791. The number of esters is 1. The fourth-order valence-corrected chi connectivity index (χ4v) is 2.55. The molecule has 5 heteroatoms. The standard InChI is InChI=1S/C19H23NO3.ClH/c1-4-23-19(22)15-10-8-14(9-11-15)12-18(20(2)3)16-6-5-7-17(21)13-16;/h5-11,13,18,21H,4,12H2,1-3H3;1H. The van der Waals surface area contributed by atoms with E-state index in [2.05, 4.69) is 4.90 Å². The van der Waals surface area contributed by atoms with E-state index in [9.17, 15) is 9.90 Å². The molecule has 4 nitrogen and oxygen atoms in total. The molecule has 0 aromatic heterocycles. The van der Waals surface area contributed by atoms with Gasteiger partial charge in [-0.2, -0.15) is 0 Å². The predicted octanol–water partition coefficient (Wildman–Crippen LogP) is 3.84. The summed E-state index contributed by atoms with van der Waals surface area (Å²) in [5.41, 5.74) is 2.75. The first-order valence-electron chi connectivity index (χ1n) is 7.72. The van der Waals surface area contributed by atoms with Crippen molar-refractivity contribution in [3.8, 4) is 5.75 Å². The maximum absolute atomic E-state index is 11.7. The molecule has 0 aliphatic heterocycles. The lowest BCUT2D eigenvalue weighted by Crippen LogP contribution is -2.22. The number of halogens is 1. The second-order valence-electron chi connectivity index (χ2n) is 5.70. The molecule has 2 aromatic rings. The number of hydrogen-bond acceptors (Lipinski definition) is 4. The van der Waals surface area contributed by atoms with E-state index < -0.39 is 0 Å². The molecule has 0 heterocycles. The van der Waals surface area contributed by atoms with Gasteiger partial charge in [-0.25, -0.2) is 4.79 Å². The van der Waals surface area contributed by atoms with Crippen LogP contribution in [-0.2, 0) is 11.2 Å². The van der Waals surface area contributed by atoms with Crippen molar-refractivity contribution in [2.75, 3.05) is 20.7 Å². The number of ether oxygens (including phenoxy) is 1. The molecular formula is C19H24ClNO3. The molecule has 0 aliphatic carbocycles. The largest absolute Gasteiger partial charge is 0.508 e. The van der Waals surface area contributed by atoms with E-state index in [4.69, 9.17) is 4.74 Å². The highest BCUT2D eigenvalue weighted by atomic mass is 35.5. The van der Waals surface area contributed by atoms with Gasteiger partial charge in [0.15, 0.2) is 0 Å². The summed E-state index contributed by atoms with van der Waals surface area (Å²) in [5, 5.41) is 9.69. The number of hydrogen-bond donors (Lipinski definition) is 1. The van der Waals surface area contributed by atoms with Gasteiger partial charge in [-0.05, 0) is 62.8 Å². The Morgan fingerprint density at radius 2 is 1.83 bits per heavy atom. The van der Waals surface area contributed by atoms with E-state index in [-0.39, 0.29) is 30.2 Å². The Morgan fingerprint density at radius 1 is 1.17 bits per heavy atom. The van der Waals surface area contributed by atoms with Crippen molar-refractivity contribution in [3.63, 3.8) is 0 Å². The number of carbonyl (C=O) groups is 1. The predicted molar refractivity (Wildman–Crippen MR) is 97.9 cm³/mol. The molecule has 2 aromatic carbocycles. The second-order valence-corrected chi connectivity index (χ2v) is 5.70. The second kappa shape index (κ2) is 9.30. The number of aromatic hydroxyl groups is 1. The molecule has 24 heavy (non-hydrogen) atoms. The van der Waals surface area contributed by atoms with Gasteiger partial charge in [0, 0.05) is 6.04 Å². The summed E-state index contributed by atoms with van der Waals surface area (Å²) in [6, 6.07) is 15.0. The molecule has 2 rings (SSSR count). The highest BCUT2D eigenvalue weighted by molar-refractivity contribution is 5.89. The first kappa shape index (κ1) is 20.0. The van der Waals surface area contributed by atoms with Crippen LogP contribution in [0.5, 0.6) is 5.75 Å². The van der Waals surface area contributed by atoms with Crippen LogP contribution in [0.4, 0.5) is 0 Å². The van der Waals surface area contributed by atoms with Gasteiger partial charge < -0.3 is 14.7 Å². The third-order valence-electron chi connectivity index (χ3n) is 3.77. The topological polar surface area (TPSA) is 49.8 Å². The molecule has 0 saturated carbocycles. The van der Waals surface area contributed by atoms with Crippen LogP contribution < -0.4 is 0 Å². The lowest BCUT2D eigenvalue weighted by molar-refractivity contribution is 0.0526. The van der Waals surface area contributed by atoms with Crippen LogP contribution in [0.2, 0.25) is 0 Å². The van der Waals surface area contributed by atoms with Gasteiger partial charge >= 0.3 is 5.97 Å². The van der Waals surface area contributed by atoms with Gasteiger partial charge in [-0.3, -0.25) is 0 Å². The van der Waals surface area contributed by atoms with Crippen LogP contribution in [0.15, 0.2) is 48.5 Å². The Bertz CT molecular complexity index is 656. The van der Waals surface area contributed by atoms with Crippen molar-refractivity contribution in [1.82, 2.24) is 4.90 Å². The number of likely N-dealkylation sites (N-methyl/N-ethyl adjacent to an activating group) is 1. The van der Waals surface area contributed by atoms with Crippen molar-refractivity contribution in [1.29, 1.82) is 0 Å². The van der Waals surface area contributed by atoms with Gasteiger partial charge in [-0.1, -0.05) is 24.3 Å². The summed E-state index contributed by atoms with van der Waals surface area (Å²) in [4.78, 5) is 13.8. The molecule has 0 amide bonds. The van der Waals surface area contributed by atoms with E-state index in [0.717, 1.165) is 17.5 Å². The molecule has 0 aliphatic rings. The molecule has 0 spiro atoms. The summed E-state index contributed by atoms with van der Waals surface area (Å²) >= 11 is 0. The molecule has 1 N–H and O–H groups in total. The smallest absolute Gasteiger partial charge is 0.338 e. The highest BCUT2D eigenvalue weighted by Crippen LogP contribution is 2.25. The zero-order valence-corrected chi connectivity index (χ0v) is 15.0. The fourth-order valence-electron chi connectivity index (χ4n) is 2.55. The minimum Gasteiger partial charge on any atom is -0.508 e. The van der Waals surface area contributed by atoms with E-state index >= 15 is 0 Å². The average Bonchev–Trinajstić information content (AvgIpc) is 2.53. The molecular weight excluding hydrogens is 326 g/mol. The Hall–Kier alpha value is -2.04. The van der Waals surface area contributed by atoms with Crippen LogP contribution in [0.25, 0.3) is 0 Å². The van der Waals surface area contributed by atoms with Crippen molar-refractivity contribution >= 4 is 18.4 Å². The van der Waals surface area contributed by atoms with E-state index in [1.165, 1.54) is 0 Å². The molecule has 0 saturated heterocycles. The number of nitrogens with zero attached hydrogens (tertiary/aromatic N) is 1. The zero-order valence-electron chi connectivity index (χ0n) is 14.2. The molecule has 1 unspecified atom stereocenters. The number of benzene rings is 2. The summed E-state index contributed by atoms with van der Waals surface area (Å²) in [7, 11) is 4.03. The van der Waals surface area contributed by atoms with Crippen LogP contribution in [-0.4, -0.2) is 36.7 Å². The van der Waals surface area contributed by atoms with Gasteiger partial charge in [-0.15, -0.1) is 12.4 Å². The molecule has 0 radical (unpaired) electrons. The van der Waals surface area contributed by atoms with Crippen LogP contribution in [0, 0.1) is 0 Å². The van der Waals surface area contributed by atoms with Gasteiger partial charge in [0.1, 0.15) is 5.75 Å². The average molecular weight is 350 g/mol. The maximum Gasteiger partial charge on any atom is 0.338 e. The van der Waals surface area contributed by atoms with Crippen molar-refractivity contribution in [2.24, 2.45) is 0 Å². The number of carbonyl (C=O) groups excluding carboxylic acids is 1. The quantitative estimate of drug-likeness (QED) is 0.805. The van der Waals surface area contributed by atoms with Gasteiger partial charge in [0.25, 0.3) is 0 Å². The zero-order chi connectivity index (χ0) is 16.8. The Labute approximate surface area is 149 Å². The molecule has 0 fully saturated rings. The Kier molecular flexibility index (Phi) is 7.75. The number of rotatable bonds is 6. The monoisotopic (exact) mass is 349 g/mol. The number of phenolic OH excluding ortho intramolecular Hbond substituents is 1. The normalized spacial score (nSPS) is 11.7. The molecule has 1 atom stereocenters. The maximum atomic E-state index is 11.7. The first-order valence-corrected chi connectivity index (χ1v) is 7.72. The van der Waals surface area contributed by atoms with Gasteiger partial charge in [0.2, 0.25) is 0 Å². The lowest BCUT2D eigenvalue weighted by Gasteiger charge is -2.25. The summed E-state index contributed by atoms with van der Waals surface area (Å²) in [5.74, 6) is -0.0248. The van der Waals surface area contributed by atoms with Gasteiger partial charge in [0.05, 0.1) is 12.2 Å². The van der Waals surface area contributed by atoms with Crippen LogP contribution in [0.1, 0.15) is 34.5 Å². The van der Waals surface area contributed by atoms with Crippen molar-refractivity contribution < 1.29 is 14.6 Å². The third-order valence-corrected chi connectivity index (χ3v) is 3.77. The Morgan fingerprint density at radius 3 is 2.38 bits per heavy atom. The minimum atomic E-state index is -0.295. The molecule has 0 bridgehead atoms. The SMILES string of the molecule is CCOC(=O)c1ccc(CC(c2cccc(O)c2)N(C)C)cc1.Cl. The molecule has 130 valence electrons. The van der Waals surface area contributed by atoms with Crippen LogP contribution in [0.3, 0.4) is 0 Å². The fraction of sp³-hybridized carbons (Fsp3) is 0.316. The van der Waals surface area contributed by atoms with E-state index in [1.54, 1.807) is 31.2 Å². The first-order chi connectivity index (χ1) is 11.0. The summed E-state index contributed by atoms with van der Waals surface area (Å²) < 4.78 is 4.99. The Balaban J connectivity index is 0.00000288. The van der Waals surface area contributed by atoms with E-state index in [1.807, 2.05) is 38.4 Å². The van der Waals surface area contributed by atoms with Crippen molar-refractivity contribution in [2.45, 2.75) is 19.4 Å². The lowest BCUT2D eigenvalue weighted by atomic mass is 9.97.